The molecule has 0 saturated carbocycles. The minimum atomic E-state index is -1.57. The van der Waals surface area contributed by atoms with E-state index in [1.807, 2.05) is 0 Å². The van der Waals surface area contributed by atoms with Crippen LogP contribution in [0, 0.1) is 0 Å². The van der Waals surface area contributed by atoms with E-state index >= 15 is 0 Å². The summed E-state index contributed by atoms with van der Waals surface area (Å²) in [6.45, 7) is 0. The van der Waals surface area contributed by atoms with Gasteiger partial charge in [-0.15, -0.1) is 0 Å². The number of aliphatic hydroxyl groups is 2. The van der Waals surface area contributed by atoms with Gasteiger partial charge >= 0.3 is 5.97 Å². The zero-order valence-corrected chi connectivity index (χ0v) is 9.18. The quantitative estimate of drug-likeness (QED) is 0.642. The maximum absolute atomic E-state index is 11.0. The Morgan fingerprint density at radius 1 is 1.44 bits per heavy atom. The average molecular weight is 225 g/mol. The summed E-state index contributed by atoms with van der Waals surface area (Å²) in [5, 5.41) is 22.1. The average Bonchev–Trinajstić information content (AvgIpc) is 2.36. The summed E-state index contributed by atoms with van der Waals surface area (Å²) in [7, 11) is 2.89. The van der Waals surface area contributed by atoms with Crippen LogP contribution in [0.3, 0.4) is 0 Å². The third-order valence-electron chi connectivity index (χ3n) is 2.26. The SMILES string of the molecule is CNc1cccc(C(O)C(O)C(=O)OC)c1. The maximum Gasteiger partial charge on any atom is 0.337 e. The number of carbonyl (C=O) groups excluding carboxylic acids is 1. The van der Waals surface area contributed by atoms with Crippen LogP contribution in [0.25, 0.3) is 0 Å². The van der Waals surface area contributed by atoms with E-state index in [0.717, 1.165) is 12.8 Å². The molecule has 88 valence electrons. The molecule has 0 aromatic heterocycles. The minimum Gasteiger partial charge on any atom is -0.467 e. The van der Waals surface area contributed by atoms with E-state index in [1.54, 1.807) is 31.3 Å². The molecular weight excluding hydrogens is 210 g/mol. The Bertz CT molecular complexity index is 367. The Labute approximate surface area is 93.7 Å². The molecule has 0 aliphatic carbocycles. The molecule has 1 aromatic rings. The van der Waals surface area contributed by atoms with Crippen LogP contribution in [0.4, 0.5) is 5.69 Å². The topological polar surface area (TPSA) is 78.8 Å². The van der Waals surface area contributed by atoms with Gasteiger partial charge in [0.15, 0.2) is 6.10 Å². The molecule has 3 N–H and O–H groups in total. The maximum atomic E-state index is 11.0. The number of benzene rings is 1. The molecule has 0 spiro atoms. The van der Waals surface area contributed by atoms with E-state index in [2.05, 4.69) is 10.1 Å². The fraction of sp³-hybridized carbons (Fsp3) is 0.364. The van der Waals surface area contributed by atoms with E-state index in [9.17, 15) is 15.0 Å². The molecule has 2 unspecified atom stereocenters. The summed E-state index contributed by atoms with van der Waals surface area (Å²) >= 11 is 0. The lowest BCUT2D eigenvalue weighted by Gasteiger charge is -2.16. The zero-order chi connectivity index (χ0) is 12.1. The van der Waals surface area contributed by atoms with Gasteiger partial charge in [0.05, 0.1) is 7.11 Å². The van der Waals surface area contributed by atoms with E-state index < -0.39 is 18.2 Å². The van der Waals surface area contributed by atoms with Gasteiger partial charge in [-0.3, -0.25) is 0 Å². The first-order valence-electron chi connectivity index (χ1n) is 4.81. The van der Waals surface area contributed by atoms with Gasteiger partial charge in [-0.05, 0) is 17.7 Å². The second-order valence-electron chi connectivity index (χ2n) is 3.29. The van der Waals surface area contributed by atoms with Gasteiger partial charge in [-0.2, -0.15) is 0 Å². The number of ether oxygens (including phenoxy) is 1. The van der Waals surface area contributed by atoms with Crippen LogP contribution >= 0.6 is 0 Å². The number of carbonyl (C=O) groups is 1. The number of hydrogen-bond acceptors (Lipinski definition) is 5. The summed E-state index contributed by atoms with van der Waals surface area (Å²) in [5.74, 6) is -0.859. The summed E-state index contributed by atoms with van der Waals surface area (Å²) in [4.78, 5) is 11.0. The summed E-state index contributed by atoms with van der Waals surface area (Å²) in [6.07, 6.45) is -2.86. The highest BCUT2D eigenvalue weighted by Crippen LogP contribution is 2.20. The molecule has 0 bridgehead atoms. The van der Waals surface area contributed by atoms with Crippen LogP contribution in [0.2, 0.25) is 0 Å². The number of hydrogen-bond donors (Lipinski definition) is 3. The predicted octanol–water partition coefficient (Wildman–Crippen LogP) is 0.296. The van der Waals surface area contributed by atoms with Crippen molar-refractivity contribution < 1.29 is 19.7 Å². The van der Waals surface area contributed by atoms with Gasteiger partial charge in [0, 0.05) is 12.7 Å². The van der Waals surface area contributed by atoms with Crippen LogP contribution in [0.5, 0.6) is 0 Å². The summed E-state index contributed by atoms with van der Waals surface area (Å²) in [5.41, 5.74) is 1.23. The Balaban J connectivity index is 2.86. The first kappa shape index (κ1) is 12.5. The van der Waals surface area contributed by atoms with Crippen molar-refractivity contribution in [1.29, 1.82) is 0 Å². The molecular formula is C11H15NO4. The van der Waals surface area contributed by atoms with Crippen molar-refractivity contribution in [2.75, 3.05) is 19.5 Å². The second-order valence-corrected chi connectivity index (χ2v) is 3.29. The van der Waals surface area contributed by atoms with Crippen LogP contribution in [-0.2, 0) is 9.53 Å². The predicted molar refractivity (Wildman–Crippen MR) is 59.0 cm³/mol. The van der Waals surface area contributed by atoms with Crippen molar-refractivity contribution in [2.24, 2.45) is 0 Å². The van der Waals surface area contributed by atoms with Gasteiger partial charge < -0.3 is 20.3 Å². The van der Waals surface area contributed by atoms with Crippen molar-refractivity contribution in [3.8, 4) is 0 Å². The number of rotatable bonds is 4. The second kappa shape index (κ2) is 5.48. The van der Waals surface area contributed by atoms with Gasteiger partial charge in [-0.1, -0.05) is 12.1 Å². The number of methoxy groups -OCH3 is 1. The van der Waals surface area contributed by atoms with E-state index in [-0.39, 0.29) is 0 Å². The third kappa shape index (κ3) is 2.71. The zero-order valence-electron chi connectivity index (χ0n) is 9.18. The van der Waals surface area contributed by atoms with E-state index in [1.165, 1.54) is 0 Å². The van der Waals surface area contributed by atoms with Crippen LogP contribution < -0.4 is 5.32 Å². The van der Waals surface area contributed by atoms with E-state index in [0.29, 0.717) is 5.56 Å². The molecule has 5 heteroatoms. The highest BCUT2D eigenvalue weighted by Gasteiger charge is 2.26. The Kier molecular flexibility index (Phi) is 4.28. The molecule has 0 saturated heterocycles. The fourth-order valence-electron chi connectivity index (χ4n) is 1.31. The van der Waals surface area contributed by atoms with Gasteiger partial charge in [0.2, 0.25) is 0 Å². The molecule has 0 radical (unpaired) electrons. The lowest BCUT2D eigenvalue weighted by atomic mass is 10.0. The largest absolute Gasteiger partial charge is 0.467 e. The van der Waals surface area contributed by atoms with Gasteiger partial charge in [0.1, 0.15) is 6.10 Å². The van der Waals surface area contributed by atoms with Crippen LogP contribution in [0.15, 0.2) is 24.3 Å². The first-order chi connectivity index (χ1) is 7.60. The Morgan fingerprint density at radius 2 is 2.12 bits per heavy atom. The normalized spacial score (nSPS) is 14.0. The molecule has 0 aliphatic heterocycles. The van der Waals surface area contributed by atoms with Crippen molar-refractivity contribution in [2.45, 2.75) is 12.2 Å². The molecule has 0 heterocycles. The number of esters is 1. The Hall–Kier alpha value is -1.59. The molecule has 1 aromatic carbocycles. The molecule has 5 nitrogen and oxygen atoms in total. The molecule has 2 atom stereocenters. The number of anilines is 1. The standard InChI is InChI=1S/C11H15NO4/c1-12-8-5-3-4-7(6-8)9(13)10(14)11(15)16-2/h3-6,9-10,12-14H,1-2H3. The van der Waals surface area contributed by atoms with Crippen LogP contribution in [0.1, 0.15) is 11.7 Å². The first-order valence-corrected chi connectivity index (χ1v) is 4.81. The number of nitrogens with one attached hydrogen (secondary N) is 1. The minimum absolute atomic E-state index is 0.449. The Morgan fingerprint density at radius 3 is 2.69 bits per heavy atom. The van der Waals surface area contributed by atoms with Gasteiger partial charge in [0.25, 0.3) is 0 Å². The third-order valence-corrected chi connectivity index (χ3v) is 2.26. The van der Waals surface area contributed by atoms with Gasteiger partial charge in [-0.25, -0.2) is 4.79 Å². The smallest absolute Gasteiger partial charge is 0.337 e. The number of aliphatic hydroxyl groups excluding tert-OH is 2. The molecule has 1 rings (SSSR count). The molecule has 16 heavy (non-hydrogen) atoms. The van der Waals surface area contributed by atoms with Crippen molar-refractivity contribution in [3.05, 3.63) is 29.8 Å². The van der Waals surface area contributed by atoms with Crippen molar-refractivity contribution in [3.63, 3.8) is 0 Å². The summed E-state index contributed by atoms with van der Waals surface area (Å²) < 4.78 is 4.35. The molecule has 0 amide bonds. The highest BCUT2D eigenvalue weighted by molar-refractivity contribution is 5.75. The molecule has 0 fully saturated rings. The lowest BCUT2D eigenvalue weighted by Crippen LogP contribution is -2.29. The summed E-state index contributed by atoms with van der Waals surface area (Å²) in [6, 6.07) is 6.80. The van der Waals surface area contributed by atoms with Crippen LogP contribution in [-0.4, -0.2) is 36.4 Å². The molecule has 0 aliphatic rings. The highest BCUT2D eigenvalue weighted by atomic mass is 16.5. The van der Waals surface area contributed by atoms with Crippen molar-refractivity contribution >= 4 is 11.7 Å². The van der Waals surface area contributed by atoms with E-state index in [4.69, 9.17) is 0 Å². The lowest BCUT2D eigenvalue weighted by molar-refractivity contribution is -0.156. The fourth-order valence-corrected chi connectivity index (χ4v) is 1.31. The monoisotopic (exact) mass is 225 g/mol. The van der Waals surface area contributed by atoms with Crippen molar-refractivity contribution in [1.82, 2.24) is 0 Å².